The van der Waals surface area contributed by atoms with Crippen molar-refractivity contribution in [1.82, 2.24) is 14.5 Å². The van der Waals surface area contributed by atoms with E-state index in [1.807, 2.05) is 50.2 Å². The van der Waals surface area contributed by atoms with Crippen LogP contribution < -0.4 is 19.9 Å². The van der Waals surface area contributed by atoms with E-state index in [-0.39, 0.29) is 11.3 Å². The van der Waals surface area contributed by atoms with Crippen LogP contribution in [0.15, 0.2) is 53.5 Å². The van der Waals surface area contributed by atoms with Crippen LogP contribution in [0.4, 0.5) is 5.82 Å². The molecule has 1 atom stereocenters. The zero-order valence-corrected chi connectivity index (χ0v) is 20.2. The summed E-state index contributed by atoms with van der Waals surface area (Å²) >= 11 is 0. The van der Waals surface area contributed by atoms with Crippen molar-refractivity contribution in [2.45, 2.75) is 26.4 Å². The lowest BCUT2D eigenvalue weighted by molar-refractivity contribution is 0.206. The van der Waals surface area contributed by atoms with E-state index in [1.54, 1.807) is 31.0 Å². The molecular formula is C26H32N4O4. The van der Waals surface area contributed by atoms with E-state index in [1.165, 1.54) is 0 Å². The lowest BCUT2D eigenvalue weighted by Crippen LogP contribution is -2.49. The number of hydrogen-bond acceptors (Lipinski definition) is 7. The highest BCUT2D eigenvalue weighted by Gasteiger charge is 2.32. The first kappa shape index (κ1) is 23.6. The predicted octanol–water partition coefficient (Wildman–Crippen LogP) is 3.21. The molecule has 0 aliphatic carbocycles. The van der Waals surface area contributed by atoms with Crippen molar-refractivity contribution < 1.29 is 14.6 Å². The topological polar surface area (TPSA) is 80.1 Å². The van der Waals surface area contributed by atoms with Gasteiger partial charge in [-0.25, -0.2) is 4.98 Å². The Bertz CT molecular complexity index is 1190. The summed E-state index contributed by atoms with van der Waals surface area (Å²) in [6.45, 7) is 7.23. The molecule has 2 aromatic heterocycles. The van der Waals surface area contributed by atoms with Crippen LogP contribution >= 0.6 is 0 Å². The van der Waals surface area contributed by atoms with E-state index in [0.29, 0.717) is 36.7 Å². The Hall–Kier alpha value is -3.52. The molecule has 1 saturated heterocycles. The normalized spacial score (nSPS) is 15.2. The summed E-state index contributed by atoms with van der Waals surface area (Å²) in [5.41, 5.74) is 1.81. The minimum Gasteiger partial charge on any atom is -0.507 e. The molecule has 0 saturated carbocycles. The Kier molecular flexibility index (Phi) is 7.07. The molecule has 8 heteroatoms. The Balaban J connectivity index is 1.77. The van der Waals surface area contributed by atoms with Gasteiger partial charge in [-0.2, -0.15) is 0 Å². The lowest BCUT2D eigenvalue weighted by Gasteiger charge is -2.40. The summed E-state index contributed by atoms with van der Waals surface area (Å²) in [6, 6.07) is 12.8. The minimum absolute atomic E-state index is 0.0131. The first-order valence-corrected chi connectivity index (χ1v) is 11.5. The molecule has 180 valence electrons. The molecule has 1 N–H and O–H groups in total. The summed E-state index contributed by atoms with van der Waals surface area (Å²) in [6.07, 6.45) is 1.80. The van der Waals surface area contributed by atoms with E-state index in [0.717, 1.165) is 30.2 Å². The molecule has 0 unspecified atom stereocenters. The Morgan fingerprint density at radius 1 is 1.03 bits per heavy atom. The number of aromatic nitrogens is 2. The SMILES string of the molecule is CCn1c(C)cc(O)c([C@@H](c2ccc(OC)c(OC)c2)N2CCN(c3ccccn3)CC2)c1=O. The Labute approximate surface area is 200 Å². The van der Waals surface area contributed by atoms with Gasteiger partial charge in [0.25, 0.3) is 5.56 Å². The fourth-order valence-corrected chi connectivity index (χ4v) is 4.75. The second-order valence-corrected chi connectivity index (χ2v) is 8.36. The molecule has 0 amide bonds. The van der Waals surface area contributed by atoms with Gasteiger partial charge in [-0.3, -0.25) is 9.69 Å². The molecule has 0 bridgehead atoms. The number of aromatic hydroxyl groups is 1. The largest absolute Gasteiger partial charge is 0.507 e. The van der Waals surface area contributed by atoms with Crippen LogP contribution in [-0.4, -0.2) is 60.0 Å². The molecular weight excluding hydrogens is 432 g/mol. The van der Waals surface area contributed by atoms with Crippen molar-refractivity contribution in [2.75, 3.05) is 45.3 Å². The number of piperazine rings is 1. The number of anilines is 1. The van der Waals surface area contributed by atoms with Gasteiger partial charge in [0.05, 0.1) is 25.8 Å². The van der Waals surface area contributed by atoms with E-state index < -0.39 is 6.04 Å². The molecule has 1 aliphatic rings. The second kappa shape index (κ2) is 10.2. The number of benzene rings is 1. The smallest absolute Gasteiger partial charge is 0.259 e. The van der Waals surface area contributed by atoms with Gasteiger partial charge in [-0.05, 0) is 49.7 Å². The van der Waals surface area contributed by atoms with Gasteiger partial charge in [0.2, 0.25) is 0 Å². The third-order valence-electron chi connectivity index (χ3n) is 6.49. The van der Waals surface area contributed by atoms with Gasteiger partial charge in [0.15, 0.2) is 11.5 Å². The third-order valence-corrected chi connectivity index (χ3v) is 6.49. The highest BCUT2D eigenvalue weighted by atomic mass is 16.5. The zero-order valence-electron chi connectivity index (χ0n) is 20.2. The van der Waals surface area contributed by atoms with Crippen LogP contribution in [0.25, 0.3) is 0 Å². The fraction of sp³-hybridized carbons (Fsp3) is 0.385. The van der Waals surface area contributed by atoms with Crippen molar-refractivity contribution in [3.05, 3.63) is 75.8 Å². The molecule has 0 spiro atoms. The van der Waals surface area contributed by atoms with Crippen LogP contribution in [-0.2, 0) is 6.54 Å². The van der Waals surface area contributed by atoms with Gasteiger partial charge >= 0.3 is 0 Å². The maximum atomic E-state index is 13.6. The first-order valence-electron chi connectivity index (χ1n) is 11.5. The van der Waals surface area contributed by atoms with E-state index in [9.17, 15) is 9.90 Å². The third kappa shape index (κ3) is 4.46. The Morgan fingerprint density at radius 2 is 1.76 bits per heavy atom. The molecule has 1 fully saturated rings. The Morgan fingerprint density at radius 3 is 2.38 bits per heavy atom. The second-order valence-electron chi connectivity index (χ2n) is 8.36. The quantitative estimate of drug-likeness (QED) is 0.575. The summed E-state index contributed by atoms with van der Waals surface area (Å²) in [7, 11) is 3.19. The van der Waals surface area contributed by atoms with Crippen LogP contribution in [0.3, 0.4) is 0 Å². The molecule has 34 heavy (non-hydrogen) atoms. The van der Waals surface area contributed by atoms with Gasteiger partial charge < -0.3 is 24.0 Å². The van der Waals surface area contributed by atoms with Gasteiger partial charge in [0, 0.05) is 44.6 Å². The monoisotopic (exact) mass is 464 g/mol. The first-order chi connectivity index (χ1) is 16.5. The standard InChI is InChI=1S/C26H32N4O4/c1-5-30-18(2)16-20(31)24(26(30)32)25(19-9-10-21(33-3)22(17-19)34-4)29-14-12-28(13-15-29)23-8-6-7-11-27-23/h6-11,16-17,25,31H,5,12-15H2,1-4H3/t25-/m1/s1. The van der Waals surface area contributed by atoms with Crippen LogP contribution in [0.2, 0.25) is 0 Å². The molecule has 1 aromatic carbocycles. The summed E-state index contributed by atoms with van der Waals surface area (Å²) < 4.78 is 12.7. The van der Waals surface area contributed by atoms with Crippen LogP contribution in [0, 0.1) is 6.92 Å². The molecule has 3 heterocycles. The maximum absolute atomic E-state index is 13.6. The van der Waals surface area contributed by atoms with Gasteiger partial charge in [-0.1, -0.05) is 12.1 Å². The van der Waals surface area contributed by atoms with Crippen molar-refractivity contribution in [3.63, 3.8) is 0 Å². The summed E-state index contributed by atoms with van der Waals surface area (Å²) in [5.74, 6) is 2.15. The zero-order chi connectivity index (χ0) is 24.2. The number of nitrogens with zero attached hydrogens (tertiary/aromatic N) is 4. The lowest BCUT2D eigenvalue weighted by atomic mass is 9.95. The van der Waals surface area contributed by atoms with Crippen molar-refractivity contribution in [2.24, 2.45) is 0 Å². The van der Waals surface area contributed by atoms with Crippen molar-refractivity contribution in [3.8, 4) is 17.2 Å². The number of pyridine rings is 2. The van der Waals surface area contributed by atoms with Crippen LogP contribution in [0.5, 0.6) is 17.2 Å². The molecule has 4 rings (SSSR count). The predicted molar refractivity (Wildman–Crippen MR) is 132 cm³/mol. The van der Waals surface area contributed by atoms with Gasteiger partial charge in [-0.15, -0.1) is 0 Å². The number of methoxy groups -OCH3 is 2. The molecule has 3 aromatic rings. The van der Waals surface area contributed by atoms with Crippen molar-refractivity contribution in [1.29, 1.82) is 0 Å². The number of aryl methyl sites for hydroxylation is 1. The number of ether oxygens (including phenoxy) is 2. The van der Waals surface area contributed by atoms with Crippen LogP contribution in [0.1, 0.15) is 29.8 Å². The average Bonchev–Trinajstić information content (AvgIpc) is 2.87. The number of rotatable bonds is 7. The number of hydrogen-bond donors (Lipinski definition) is 1. The summed E-state index contributed by atoms with van der Waals surface area (Å²) in [4.78, 5) is 22.5. The van der Waals surface area contributed by atoms with Gasteiger partial charge in [0.1, 0.15) is 11.6 Å². The molecule has 0 radical (unpaired) electrons. The molecule has 1 aliphatic heterocycles. The highest BCUT2D eigenvalue weighted by molar-refractivity contribution is 5.48. The van der Waals surface area contributed by atoms with E-state index in [4.69, 9.17) is 9.47 Å². The van der Waals surface area contributed by atoms with E-state index in [2.05, 4.69) is 14.8 Å². The van der Waals surface area contributed by atoms with E-state index >= 15 is 0 Å². The molecule has 8 nitrogen and oxygen atoms in total. The fourth-order valence-electron chi connectivity index (χ4n) is 4.75. The highest BCUT2D eigenvalue weighted by Crippen LogP contribution is 2.37. The van der Waals surface area contributed by atoms with Crippen molar-refractivity contribution >= 4 is 5.82 Å². The summed E-state index contributed by atoms with van der Waals surface area (Å²) in [5, 5.41) is 11.0. The average molecular weight is 465 g/mol. The maximum Gasteiger partial charge on any atom is 0.259 e. The minimum atomic E-state index is -0.434.